The molecule has 4 N–H and O–H groups in total. The van der Waals surface area contributed by atoms with Crippen LogP contribution in [0.4, 0.5) is 16.0 Å². The average molecular weight is 308 g/mol. The molecule has 0 saturated carbocycles. The Hall–Kier alpha value is -2.77. The van der Waals surface area contributed by atoms with Crippen LogP contribution in [0.5, 0.6) is 0 Å². The SMILES string of the molecule is N#Cc1ccc(NS(=O)(=O)c2cnc(NN)nc2)c(F)c1. The molecular weight excluding hydrogens is 299 g/mol. The molecule has 1 heterocycles. The molecule has 108 valence electrons. The number of nitrogen functional groups attached to an aromatic ring is 1. The smallest absolute Gasteiger partial charge is 0.265 e. The van der Waals surface area contributed by atoms with E-state index in [4.69, 9.17) is 11.1 Å². The standard InChI is InChI=1S/C11H9FN6O2S/c12-9-3-7(4-13)1-2-10(9)18-21(19,20)8-5-15-11(17-14)16-6-8/h1-3,5-6,18H,14H2,(H,15,16,17). The highest BCUT2D eigenvalue weighted by Crippen LogP contribution is 2.19. The number of hydrazine groups is 1. The summed E-state index contributed by atoms with van der Waals surface area (Å²) >= 11 is 0. The van der Waals surface area contributed by atoms with Crippen molar-refractivity contribution in [3.63, 3.8) is 0 Å². The summed E-state index contributed by atoms with van der Waals surface area (Å²) in [6.45, 7) is 0. The quantitative estimate of drug-likeness (QED) is 0.555. The van der Waals surface area contributed by atoms with E-state index >= 15 is 0 Å². The second-order valence-corrected chi connectivity index (χ2v) is 5.48. The molecule has 0 spiro atoms. The molecule has 1 aromatic heterocycles. The number of hydrogen-bond acceptors (Lipinski definition) is 7. The first kappa shape index (κ1) is 14.6. The highest BCUT2D eigenvalue weighted by molar-refractivity contribution is 7.92. The fourth-order valence-electron chi connectivity index (χ4n) is 1.40. The van der Waals surface area contributed by atoms with Gasteiger partial charge in [-0.15, -0.1) is 0 Å². The number of nitrogens with zero attached hydrogens (tertiary/aromatic N) is 3. The van der Waals surface area contributed by atoms with Crippen molar-refractivity contribution >= 4 is 21.7 Å². The number of rotatable bonds is 4. The zero-order valence-corrected chi connectivity index (χ0v) is 11.2. The van der Waals surface area contributed by atoms with Crippen molar-refractivity contribution < 1.29 is 12.8 Å². The molecule has 8 nitrogen and oxygen atoms in total. The molecule has 0 atom stereocenters. The minimum atomic E-state index is -4.05. The molecule has 0 aliphatic rings. The Balaban J connectivity index is 2.30. The number of aromatic nitrogens is 2. The maximum Gasteiger partial charge on any atom is 0.265 e. The van der Waals surface area contributed by atoms with E-state index in [1.54, 1.807) is 6.07 Å². The first-order valence-electron chi connectivity index (χ1n) is 5.47. The lowest BCUT2D eigenvalue weighted by Gasteiger charge is -2.08. The number of benzene rings is 1. The van der Waals surface area contributed by atoms with Crippen molar-refractivity contribution in [3.05, 3.63) is 42.0 Å². The third-order valence-corrected chi connectivity index (χ3v) is 3.73. The Morgan fingerprint density at radius 1 is 1.29 bits per heavy atom. The van der Waals surface area contributed by atoms with Gasteiger partial charge in [0.05, 0.1) is 29.7 Å². The number of anilines is 2. The first-order valence-corrected chi connectivity index (χ1v) is 6.96. The molecule has 21 heavy (non-hydrogen) atoms. The van der Waals surface area contributed by atoms with Crippen molar-refractivity contribution in [3.8, 4) is 6.07 Å². The molecule has 0 bridgehead atoms. The van der Waals surface area contributed by atoms with E-state index in [2.05, 4.69) is 15.4 Å². The van der Waals surface area contributed by atoms with Crippen molar-refractivity contribution in [1.82, 2.24) is 9.97 Å². The summed E-state index contributed by atoms with van der Waals surface area (Å²) in [6.07, 6.45) is 2.04. The summed E-state index contributed by atoms with van der Waals surface area (Å²) in [5, 5.41) is 8.62. The summed E-state index contributed by atoms with van der Waals surface area (Å²) < 4.78 is 39.8. The highest BCUT2D eigenvalue weighted by atomic mass is 32.2. The zero-order chi connectivity index (χ0) is 15.5. The molecular formula is C11H9FN6O2S. The minimum Gasteiger partial charge on any atom is -0.292 e. The Kier molecular flexibility index (Phi) is 3.97. The van der Waals surface area contributed by atoms with Crippen LogP contribution >= 0.6 is 0 Å². The summed E-state index contributed by atoms with van der Waals surface area (Å²) in [7, 11) is -4.05. The van der Waals surface area contributed by atoms with E-state index in [-0.39, 0.29) is 22.1 Å². The molecule has 0 radical (unpaired) electrons. The number of sulfonamides is 1. The van der Waals surface area contributed by atoms with E-state index in [0.29, 0.717) is 0 Å². The fourth-order valence-corrected chi connectivity index (χ4v) is 2.36. The van der Waals surface area contributed by atoms with Gasteiger partial charge in [-0.05, 0) is 18.2 Å². The molecule has 2 aromatic rings. The largest absolute Gasteiger partial charge is 0.292 e. The molecule has 0 fully saturated rings. The van der Waals surface area contributed by atoms with Crippen LogP contribution in [-0.4, -0.2) is 18.4 Å². The van der Waals surface area contributed by atoms with Crippen LogP contribution in [0.1, 0.15) is 5.56 Å². The summed E-state index contributed by atoms with van der Waals surface area (Å²) in [5.74, 6) is 4.24. The molecule has 0 unspecified atom stereocenters. The Morgan fingerprint density at radius 2 is 1.95 bits per heavy atom. The van der Waals surface area contributed by atoms with Crippen LogP contribution in [0.25, 0.3) is 0 Å². The normalized spacial score (nSPS) is 10.7. The maximum absolute atomic E-state index is 13.7. The van der Waals surface area contributed by atoms with E-state index < -0.39 is 15.8 Å². The van der Waals surface area contributed by atoms with Crippen molar-refractivity contribution in [1.29, 1.82) is 5.26 Å². The van der Waals surface area contributed by atoms with Gasteiger partial charge in [0.1, 0.15) is 10.7 Å². The Labute approximate surface area is 119 Å². The Morgan fingerprint density at radius 3 is 2.48 bits per heavy atom. The van der Waals surface area contributed by atoms with Crippen molar-refractivity contribution in [2.24, 2.45) is 5.84 Å². The van der Waals surface area contributed by atoms with Crippen molar-refractivity contribution in [2.45, 2.75) is 4.90 Å². The third kappa shape index (κ3) is 3.22. The second kappa shape index (κ2) is 5.70. The van der Waals surface area contributed by atoms with Gasteiger partial charge in [0.15, 0.2) is 0 Å². The monoisotopic (exact) mass is 308 g/mol. The maximum atomic E-state index is 13.7. The molecule has 1 aromatic carbocycles. The van der Waals surface area contributed by atoms with Crippen LogP contribution in [0.3, 0.4) is 0 Å². The molecule has 0 amide bonds. The van der Waals surface area contributed by atoms with Gasteiger partial charge in [0.2, 0.25) is 5.95 Å². The third-order valence-electron chi connectivity index (χ3n) is 2.41. The first-order chi connectivity index (χ1) is 9.96. The van der Waals surface area contributed by atoms with Crippen molar-refractivity contribution in [2.75, 3.05) is 10.1 Å². The topological polar surface area (TPSA) is 134 Å². The molecule has 2 rings (SSSR count). The summed E-state index contributed by atoms with van der Waals surface area (Å²) in [5.41, 5.74) is 1.95. The summed E-state index contributed by atoms with van der Waals surface area (Å²) in [4.78, 5) is 7.04. The predicted octanol–water partition coefficient (Wildman–Crippen LogP) is 0.574. The number of nitrogens with two attached hydrogens (primary N) is 1. The molecule has 10 heteroatoms. The average Bonchev–Trinajstić information content (AvgIpc) is 2.49. The number of nitrogens with one attached hydrogen (secondary N) is 2. The van der Waals surface area contributed by atoms with Crippen LogP contribution in [0, 0.1) is 17.1 Å². The highest BCUT2D eigenvalue weighted by Gasteiger charge is 2.17. The predicted molar refractivity (Wildman–Crippen MR) is 71.8 cm³/mol. The van der Waals surface area contributed by atoms with Crippen LogP contribution in [0.2, 0.25) is 0 Å². The summed E-state index contributed by atoms with van der Waals surface area (Å²) in [6, 6.07) is 5.12. The second-order valence-electron chi connectivity index (χ2n) is 3.80. The number of halogens is 1. The van der Waals surface area contributed by atoms with E-state index in [9.17, 15) is 12.8 Å². The van der Waals surface area contributed by atoms with Gasteiger partial charge in [0, 0.05) is 0 Å². The van der Waals surface area contributed by atoms with Crippen LogP contribution in [0.15, 0.2) is 35.5 Å². The molecule has 0 aliphatic carbocycles. The fraction of sp³-hybridized carbons (Fsp3) is 0. The Bertz CT molecular complexity index is 800. The van der Waals surface area contributed by atoms with Crippen LogP contribution in [-0.2, 0) is 10.0 Å². The molecule has 0 saturated heterocycles. The number of hydrogen-bond donors (Lipinski definition) is 3. The van der Waals surface area contributed by atoms with Gasteiger partial charge in [0.25, 0.3) is 10.0 Å². The lowest BCUT2D eigenvalue weighted by atomic mass is 10.2. The molecule has 0 aliphatic heterocycles. The van der Waals surface area contributed by atoms with Gasteiger partial charge < -0.3 is 0 Å². The van der Waals surface area contributed by atoms with E-state index in [1.807, 2.05) is 4.72 Å². The van der Waals surface area contributed by atoms with Gasteiger partial charge in [-0.3, -0.25) is 10.1 Å². The van der Waals surface area contributed by atoms with Gasteiger partial charge in [-0.2, -0.15) is 5.26 Å². The van der Waals surface area contributed by atoms with Gasteiger partial charge in [-0.25, -0.2) is 28.6 Å². The zero-order valence-electron chi connectivity index (χ0n) is 10.4. The van der Waals surface area contributed by atoms with Gasteiger partial charge in [-0.1, -0.05) is 0 Å². The van der Waals surface area contributed by atoms with Gasteiger partial charge >= 0.3 is 0 Å². The van der Waals surface area contributed by atoms with Crippen LogP contribution < -0.4 is 16.0 Å². The van der Waals surface area contributed by atoms with E-state index in [1.165, 1.54) is 6.07 Å². The van der Waals surface area contributed by atoms with E-state index in [0.717, 1.165) is 24.5 Å². The minimum absolute atomic E-state index is 0.0403. The lowest BCUT2D eigenvalue weighted by Crippen LogP contribution is -2.16. The number of nitriles is 1. The lowest BCUT2D eigenvalue weighted by molar-refractivity contribution is 0.597.